The zero-order valence-electron chi connectivity index (χ0n) is 13.1. The van der Waals surface area contributed by atoms with Crippen molar-refractivity contribution in [1.82, 2.24) is 19.8 Å². The average molecular weight is 311 g/mol. The summed E-state index contributed by atoms with van der Waals surface area (Å²) < 4.78 is 2.08. The Balaban J connectivity index is 1.42. The highest BCUT2D eigenvalue weighted by atomic mass is 15.4. The first-order chi connectivity index (χ1) is 11.3. The number of nitrogens with one attached hydrogen (secondary N) is 2. The number of anilines is 1. The molecule has 2 aromatic rings. The van der Waals surface area contributed by atoms with Crippen LogP contribution in [0.15, 0.2) is 65.6 Å². The van der Waals surface area contributed by atoms with Crippen molar-refractivity contribution in [2.45, 2.75) is 19.3 Å². The minimum absolute atomic E-state index is 0.115. The van der Waals surface area contributed by atoms with Gasteiger partial charge in [0.2, 0.25) is 6.29 Å². The molecule has 1 aliphatic rings. The number of benzene rings is 1. The van der Waals surface area contributed by atoms with E-state index >= 15 is 0 Å². The van der Waals surface area contributed by atoms with Crippen LogP contribution in [0, 0.1) is 0 Å². The molecule has 1 aromatic heterocycles. The maximum atomic E-state index is 4.26. The van der Waals surface area contributed by atoms with Crippen molar-refractivity contribution in [2.24, 2.45) is 10.2 Å². The molecule has 120 valence electrons. The lowest BCUT2D eigenvalue weighted by Gasteiger charge is -2.14. The maximum Gasteiger partial charge on any atom is 0.215 e. The number of aromatic nitrogens is 2. The first-order valence-electron chi connectivity index (χ1n) is 7.66. The Morgan fingerprint density at radius 2 is 2.17 bits per heavy atom. The quantitative estimate of drug-likeness (QED) is 0.609. The maximum absolute atomic E-state index is 4.26. The fourth-order valence-corrected chi connectivity index (χ4v) is 2.24. The van der Waals surface area contributed by atoms with Gasteiger partial charge >= 0.3 is 0 Å². The lowest BCUT2D eigenvalue weighted by Crippen LogP contribution is -2.29. The largest absolute Gasteiger partial charge is 0.385 e. The van der Waals surface area contributed by atoms with Crippen LogP contribution in [0.2, 0.25) is 0 Å². The molecule has 23 heavy (non-hydrogen) atoms. The molecule has 0 aliphatic carbocycles. The normalized spacial score (nSPS) is 16.9. The van der Waals surface area contributed by atoms with Gasteiger partial charge in [-0.3, -0.25) is 0 Å². The Morgan fingerprint density at radius 3 is 2.87 bits per heavy atom. The van der Waals surface area contributed by atoms with Gasteiger partial charge in [-0.1, -0.05) is 0 Å². The number of aryl methyl sites for hydroxylation is 1. The molecule has 0 amide bonds. The monoisotopic (exact) mass is 311 g/mol. The molecule has 0 bridgehead atoms. The van der Waals surface area contributed by atoms with Crippen molar-refractivity contribution >= 4 is 11.4 Å². The smallest absolute Gasteiger partial charge is 0.215 e. The summed E-state index contributed by atoms with van der Waals surface area (Å²) in [6.45, 7) is 1.89. The lowest BCUT2D eigenvalue weighted by atomic mass is 10.3. The van der Waals surface area contributed by atoms with E-state index in [0.29, 0.717) is 0 Å². The molecule has 7 nitrogen and oxygen atoms in total. The Labute approximate surface area is 135 Å². The van der Waals surface area contributed by atoms with Crippen molar-refractivity contribution in [3.05, 3.63) is 55.4 Å². The zero-order chi connectivity index (χ0) is 15.9. The van der Waals surface area contributed by atoms with Crippen LogP contribution in [-0.2, 0) is 6.54 Å². The highest BCUT2D eigenvalue weighted by Gasteiger charge is 2.12. The van der Waals surface area contributed by atoms with Gasteiger partial charge in [-0.05, 0) is 30.7 Å². The van der Waals surface area contributed by atoms with E-state index in [1.165, 1.54) is 0 Å². The average Bonchev–Trinajstić information content (AvgIpc) is 3.22. The van der Waals surface area contributed by atoms with Gasteiger partial charge in [0.1, 0.15) is 0 Å². The van der Waals surface area contributed by atoms with E-state index in [9.17, 15) is 0 Å². The van der Waals surface area contributed by atoms with Crippen LogP contribution in [0.25, 0.3) is 0 Å². The van der Waals surface area contributed by atoms with Gasteiger partial charge in [-0.15, -0.1) is 5.11 Å². The van der Waals surface area contributed by atoms with E-state index in [4.69, 9.17) is 0 Å². The highest BCUT2D eigenvalue weighted by molar-refractivity contribution is 5.50. The fourth-order valence-electron chi connectivity index (χ4n) is 2.24. The first kappa shape index (κ1) is 15.1. The molecule has 1 aromatic carbocycles. The molecule has 3 rings (SSSR count). The third kappa shape index (κ3) is 4.32. The van der Waals surface area contributed by atoms with Crippen molar-refractivity contribution in [1.29, 1.82) is 0 Å². The van der Waals surface area contributed by atoms with E-state index in [2.05, 4.69) is 30.4 Å². The Morgan fingerprint density at radius 1 is 1.30 bits per heavy atom. The molecule has 1 unspecified atom stereocenters. The van der Waals surface area contributed by atoms with Crippen molar-refractivity contribution in [2.75, 3.05) is 18.9 Å². The van der Waals surface area contributed by atoms with Crippen LogP contribution >= 0.6 is 0 Å². The summed E-state index contributed by atoms with van der Waals surface area (Å²) in [5, 5.41) is 15.0. The zero-order valence-corrected chi connectivity index (χ0v) is 13.1. The summed E-state index contributed by atoms with van der Waals surface area (Å²) in [6, 6.07) is 7.97. The predicted octanol–water partition coefficient (Wildman–Crippen LogP) is 2.76. The lowest BCUT2D eigenvalue weighted by molar-refractivity contribution is 0.332. The second kappa shape index (κ2) is 7.44. The van der Waals surface area contributed by atoms with Crippen LogP contribution in [0.4, 0.5) is 11.4 Å². The number of hydrogen-bond donors (Lipinski definition) is 2. The standard InChI is InChI=1S/C16H21N7/c1-22-11-9-19-16(22)21-20-15-5-3-14(4-6-15)18-7-2-10-23-12-8-17-13-23/h3-6,8-9,11-13,16,18-19H,2,7,10H2,1H3. The number of imidazole rings is 1. The second-order valence-corrected chi connectivity index (χ2v) is 5.36. The number of rotatable bonds is 7. The van der Waals surface area contributed by atoms with E-state index < -0.39 is 0 Å². The number of nitrogens with zero attached hydrogens (tertiary/aromatic N) is 5. The van der Waals surface area contributed by atoms with Crippen molar-refractivity contribution in [3.63, 3.8) is 0 Å². The molecule has 7 heteroatoms. The van der Waals surface area contributed by atoms with Crippen LogP contribution in [-0.4, -0.2) is 34.3 Å². The molecule has 0 saturated carbocycles. The third-order valence-electron chi connectivity index (χ3n) is 3.57. The molecule has 1 atom stereocenters. The molecule has 0 saturated heterocycles. The fraction of sp³-hybridized carbons (Fsp3) is 0.312. The molecule has 1 aliphatic heterocycles. The topological polar surface area (TPSA) is 69.8 Å². The summed E-state index contributed by atoms with van der Waals surface area (Å²) >= 11 is 0. The SMILES string of the molecule is CN1C=CNC1N=Nc1ccc(NCCCn2ccnc2)cc1. The molecule has 2 heterocycles. The van der Waals surface area contributed by atoms with E-state index in [-0.39, 0.29) is 6.29 Å². The minimum atomic E-state index is -0.115. The van der Waals surface area contributed by atoms with Crippen molar-refractivity contribution in [3.8, 4) is 0 Å². The Bertz CT molecular complexity index is 646. The molecule has 2 N–H and O–H groups in total. The molecule has 0 fully saturated rings. The Kier molecular flexibility index (Phi) is 4.88. The predicted molar refractivity (Wildman–Crippen MR) is 90.1 cm³/mol. The van der Waals surface area contributed by atoms with Crippen molar-refractivity contribution < 1.29 is 0 Å². The molecule has 0 spiro atoms. The summed E-state index contributed by atoms with van der Waals surface area (Å²) in [4.78, 5) is 5.99. The van der Waals surface area contributed by atoms with Gasteiger partial charge in [0, 0.05) is 50.6 Å². The molecule has 0 radical (unpaired) electrons. The first-order valence-corrected chi connectivity index (χ1v) is 7.66. The number of azo groups is 1. The van der Waals surface area contributed by atoms with E-state index in [1.807, 2.05) is 61.1 Å². The summed E-state index contributed by atoms with van der Waals surface area (Å²) in [6.07, 6.45) is 10.3. The number of hydrogen-bond acceptors (Lipinski definition) is 6. The molecular formula is C16H21N7. The molecular weight excluding hydrogens is 290 g/mol. The highest BCUT2D eigenvalue weighted by Crippen LogP contribution is 2.17. The van der Waals surface area contributed by atoms with Gasteiger partial charge in [-0.25, -0.2) is 4.98 Å². The summed E-state index contributed by atoms with van der Waals surface area (Å²) in [5.41, 5.74) is 1.93. The van der Waals surface area contributed by atoms with Gasteiger partial charge in [0.25, 0.3) is 0 Å². The van der Waals surface area contributed by atoms with Gasteiger partial charge in [0.15, 0.2) is 0 Å². The minimum Gasteiger partial charge on any atom is -0.385 e. The summed E-state index contributed by atoms with van der Waals surface area (Å²) in [7, 11) is 1.96. The van der Waals surface area contributed by atoms with Gasteiger partial charge in [0.05, 0.1) is 12.0 Å². The third-order valence-corrected chi connectivity index (χ3v) is 3.57. The van der Waals surface area contributed by atoms with Crippen LogP contribution < -0.4 is 10.6 Å². The second-order valence-electron chi connectivity index (χ2n) is 5.36. The van der Waals surface area contributed by atoms with Crippen LogP contribution in [0.3, 0.4) is 0 Å². The summed E-state index contributed by atoms with van der Waals surface area (Å²) in [5.74, 6) is 0. The van der Waals surface area contributed by atoms with Gasteiger partial charge < -0.3 is 20.1 Å². The van der Waals surface area contributed by atoms with Gasteiger partial charge in [-0.2, -0.15) is 5.11 Å². The van der Waals surface area contributed by atoms with Crippen LogP contribution in [0.1, 0.15) is 6.42 Å². The van der Waals surface area contributed by atoms with Crippen LogP contribution in [0.5, 0.6) is 0 Å². The Hall–Kier alpha value is -2.83. The van der Waals surface area contributed by atoms with E-state index in [0.717, 1.165) is 30.9 Å². The van der Waals surface area contributed by atoms with E-state index in [1.54, 1.807) is 6.20 Å².